The number of aliphatic imine (C=N–C) groups is 2. The Morgan fingerprint density at radius 3 is 1.45 bits per heavy atom. The minimum atomic E-state index is -0.455. The van der Waals surface area contributed by atoms with Gasteiger partial charge in [0.2, 0.25) is 0 Å². The van der Waals surface area contributed by atoms with E-state index in [4.69, 9.17) is 19.5 Å². The number of rotatable bonds is 6. The van der Waals surface area contributed by atoms with Gasteiger partial charge in [-0.25, -0.2) is 9.98 Å². The Morgan fingerprint density at radius 2 is 1.00 bits per heavy atom. The fourth-order valence-corrected chi connectivity index (χ4v) is 8.66. The number of hydrogen-bond donors (Lipinski definition) is 0. The van der Waals surface area contributed by atoms with Gasteiger partial charge in [-0.2, -0.15) is 0 Å². The number of halogens is 2. The molecule has 0 saturated heterocycles. The third-order valence-corrected chi connectivity index (χ3v) is 11.1. The van der Waals surface area contributed by atoms with Crippen LogP contribution in [0.3, 0.4) is 0 Å². The zero-order chi connectivity index (χ0) is 29.7. The van der Waals surface area contributed by atoms with Gasteiger partial charge >= 0.3 is 0 Å². The van der Waals surface area contributed by atoms with E-state index < -0.39 is 5.41 Å². The van der Waals surface area contributed by atoms with Crippen molar-refractivity contribution in [3.8, 4) is 11.1 Å². The predicted octanol–water partition coefficient (Wildman–Crippen LogP) is 9.12. The Labute approximate surface area is 275 Å². The van der Waals surface area contributed by atoms with Crippen LogP contribution < -0.4 is 0 Å². The lowest BCUT2D eigenvalue weighted by Gasteiger charge is -2.44. The van der Waals surface area contributed by atoms with E-state index in [1.807, 2.05) is 0 Å². The van der Waals surface area contributed by atoms with E-state index in [2.05, 4.69) is 129 Å². The van der Waals surface area contributed by atoms with E-state index in [9.17, 15) is 0 Å². The van der Waals surface area contributed by atoms with Gasteiger partial charge in [0.1, 0.15) is 18.6 Å². The summed E-state index contributed by atoms with van der Waals surface area (Å²) in [5.41, 5.74) is 7.57. The molecule has 44 heavy (non-hydrogen) atoms. The summed E-state index contributed by atoms with van der Waals surface area (Å²) in [6.07, 6.45) is 5.43. The van der Waals surface area contributed by atoms with Crippen LogP contribution in [0.15, 0.2) is 116 Å². The molecule has 222 valence electrons. The van der Waals surface area contributed by atoms with Gasteiger partial charge in [-0.1, -0.05) is 105 Å². The molecule has 4 aromatic carbocycles. The van der Waals surface area contributed by atoms with Crippen LogP contribution in [0.2, 0.25) is 0 Å². The average molecular weight is 711 g/mol. The van der Waals surface area contributed by atoms with Crippen molar-refractivity contribution < 1.29 is 9.47 Å². The van der Waals surface area contributed by atoms with Crippen LogP contribution in [-0.4, -0.2) is 37.1 Å². The van der Waals surface area contributed by atoms with Crippen molar-refractivity contribution in [2.75, 3.05) is 13.2 Å². The van der Waals surface area contributed by atoms with Gasteiger partial charge in [0.25, 0.3) is 0 Å². The fourth-order valence-electron chi connectivity index (χ4n) is 7.94. The second-order valence-electron chi connectivity index (χ2n) is 12.7. The maximum atomic E-state index is 6.55. The molecule has 0 N–H and O–H groups in total. The van der Waals surface area contributed by atoms with Crippen molar-refractivity contribution >= 4 is 43.7 Å². The quantitative estimate of drug-likeness (QED) is 0.201. The van der Waals surface area contributed by atoms with Crippen molar-refractivity contribution in [3.05, 3.63) is 128 Å². The van der Waals surface area contributed by atoms with Gasteiger partial charge in [0, 0.05) is 14.4 Å². The lowest BCUT2D eigenvalue weighted by atomic mass is 9.59. The number of benzene rings is 4. The highest BCUT2D eigenvalue weighted by atomic mass is 79.9. The van der Waals surface area contributed by atoms with E-state index >= 15 is 0 Å². The Hall–Kier alpha value is -3.22. The third kappa shape index (κ3) is 4.85. The van der Waals surface area contributed by atoms with E-state index in [0.29, 0.717) is 13.2 Å². The first-order valence-electron chi connectivity index (χ1n) is 15.6. The molecule has 1 fully saturated rings. The van der Waals surface area contributed by atoms with Gasteiger partial charge in [-0.05, 0) is 96.2 Å². The summed E-state index contributed by atoms with van der Waals surface area (Å²) in [5, 5.41) is 0. The van der Waals surface area contributed by atoms with Crippen molar-refractivity contribution in [1.29, 1.82) is 0 Å². The molecule has 2 aliphatic heterocycles. The van der Waals surface area contributed by atoms with Crippen molar-refractivity contribution in [2.45, 2.75) is 56.0 Å². The number of fused-ring (bicyclic) bond motifs is 5. The van der Waals surface area contributed by atoms with E-state index in [1.165, 1.54) is 33.4 Å². The van der Waals surface area contributed by atoms with Crippen LogP contribution in [0.4, 0.5) is 0 Å². The molecule has 8 rings (SSSR count). The summed E-state index contributed by atoms with van der Waals surface area (Å²) >= 11 is 7.57. The van der Waals surface area contributed by atoms with Crippen LogP contribution in [0.25, 0.3) is 11.1 Å². The molecule has 2 heterocycles. The monoisotopic (exact) mass is 708 g/mol. The van der Waals surface area contributed by atoms with Crippen molar-refractivity contribution in [3.63, 3.8) is 0 Å². The number of nitrogens with zero attached hydrogens (tertiary/aromatic N) is 2. The highest BCUT2D eigenvalue weighted by Gasteiger charge is 2.56. The molecule has 0 bridgehead atoms. The Kier molecular flexibility index (Phi) is 7.26. The van der Waals surface area contributed by atoms with E-state index in [0.717, 1.165) is 59.3 Å². The van der Waals surface area contributed by atoms with Crippen molar-refractivity contribution in [2.24, 2.45) is 15.4 Å². The van der Waals surface area contributed by atoms with Gasteiger partial charge in [-0.15, -0.1) is 0 Å². The zero-order valence-corrected chi connectivity index (χ0v) is 27.7. The maximum absolute atomic E-state index is 6.55. The second kappa shape index (κ2) is 11.3. The summed E-state index contributed by atoms with van der Waals surface area (Å²) in [6, 6.07) is 35.0. The molecule has 0 unspecified atom stereocenters. The van der Waals surface area contributed by atoms with Crippen LogP contribution in [-0.2, 0) is 27.7 Å². The molecule has 4 aromatic rings. The van der Waals surface area contributed by atoms with E-state index in [-0.39, 0.29) is 17.5 Å². The second-order valence-corrected chi connectivity index (χ2v) is 14.6. The average Bonchev–Trinajstić information content (AvgIpc) is 3.78. The maximum Gasteiger partial charge on any atom is 0.199 e. The Balaban J connectivity index is 1.16. The van der Waals surface area contributed by atoms with Gasteiger partial charge in [-0.3, -0.25) is 0 Å². The molecular weight excluding hydrogens is 676 g/mol. The molecule has 0 amide bonds. The molecule has 4 aliphatic rings. The molecule has 4 nitrogen and oxygen atoms in total. The molecular formula is C38H34Br2N2O2. The SMILES string of the molecule is Brc1ccc2c(c1)C1(CCC(C3=N[C@H](Cc4ccccc4)CO3)(C3=N[C@H](Cc4ccccc4)CO3)CC1)c1cc(Br)ccc1-2. The fraction of sp³-hybridized carbons (Fsp3) is 0.316. The summed E-state index contributed by atoms with van der Waals surface area (Å²) in [7, 11) is 0. The largest absolute Gasteiger partial charge is 0.478 e. The summed E-state index contributed by atoms with van der Waals surface area (Å²) < 4.78 is 15.3. The first-order valence-corrected chi connectivity index (χ1v) is 17.2. The minimum absolute atomic E-state index is 0.0765. The summed E-state index contributed by atoms with van der Waals surface area (Å²) in [5.74, 6) is 1.66. The summed E-state index contributed by atoms with van der Waals surface area (Å²) in [6.45, 7) is 1.20. The first kappa shape index (κ1) is 28.3. The first-order chi connectivity index (χ1) is 21.5. The molecule has 1 saturated carbocycles. The predicted molar refractivity (Wildman–Crippen MR) is 184 cm³/mol. The highest BCUT2D eigenvalue weighted by molar-refractivity contribution is 9.10. The van der Waals surface area contributed by atoms with Gasteiger partial charge in [0.15, 0.2) is 11.8 Å². The highest BCUT2D eigenvalue weighted by Crippen LogP contribution is 2.60. The zero-order valence-electron chi connectivity index (χ0n) is 24.5. The molecule has 2 atom stereocenters. The standard InChI is InChI=1S/C38H34Br2N2O2/c39-27-11-13-31-32-14-12-28(40)22-34(32)37(33(31)21-27)15-17-38(18-16-37,35-41-29(23-43-35)19-25-7-3-1-4-8-25)36-42-30(24-44-36)20-26-9-5-2-6-10-26/h1-14,21-22,29-30H,15-20,23-24H2/t29-,30-/m1/s1. The topological polar surface area (TPSA) is 43.2 Å². The van der Waals surface area contributed by atoms with Crippen LogP contribution in [0.1, 0.15) is 47.9 Å². The number of hydrogen-bond acceptors (Lipinski definition) is 4. The Bertz CT molecular complexity index is 1640. The molecule has 1 spiro atoms. The molecule has 0 aromatic heterocycles. The van der Waals surface area contributed by atoms with Crippen molar-refractivity contribution in [1.82, 2.24) is 0 Å². The lowest BCUT2D eigenvalue weighted by molar-refractivity contribution is 0.193. The molecule has 0 radical (unpaired) electrons. The van der Waals surface area contributed by atoms with Crippen LogP contribution in [0.5, 0.6) is 0 Å². The molecule has 6 heteroatoms. The lowest BCUT2D eigenvalue weighted by Crippen LogP contribution is -2.47. The van der Waals surface area contributed by atoms with Crippen LogP contribution in [0, 0.1) is 5.41 Å². The summed E-state index contributed by atoms with van der Waals surface area (Å²) in [4.78, 5) is 10.6. The van der Waals surface area contributed by atoms with E-state index in [1.54, 1.807) is 0 Å². The number of ether oxygens (including phenoxy) is 2. The molecule has 2 aliphatic carbocycles. The normalized spacial score (nSPS) is 22.5. The Morgan fingerprint density at radius 1 is 0.568 bits per heavy atom. The van der Waals surface area contributed by atoms with Gasteiger partial charge < -0.3 is 9.47 Å². The smallest absolute Gasteiger partial charge is 0.199 e. The van der Waals surface area contributed by atoms with Gasteiger partial charge in [0.05, 0.1) is 12.1 Å². The van der Waals surface area contributed by atoms with Crippen LogP contribution >= 0.6 is 31.9 Å². The third-order valence-electron chi connectivity index (χ3n) is 10.1. The minimum Gasteiger partial charge on any atom is -0.478 e.